The molecule has 4 aromatic carbocycles. The van der Waals surface area contributed by atoms with E-state index in [1.165, 1.54) is 301 Å². The minimum Gasteiger partial charge on any atom is -0.493 e. The van der Waals surface area contributed by atoms with Crippen LogP contribution in [0.5, 0.6) is 23.0 Å². The maximum absolute atomic E-state index is 6.93. The first kappa shape index (κ1) is 100. The van der Waals surface area contributed by atoms with Crippen LogP contribution in [0.4, 0.5) is 0 Å². The number of aromatic amines is 2. The highest BCUT2D eigenvalue weighted by atomic mass is 32.1. The van der Waals surface area contributed by atoms with Crippen molar-refractivity contribution in [3.8, 4) is 89.8 Å². The minimum atomic E-state index is 0.603. The number of benzene rings is 4. The minimum absolute atomic E-state index is 0.603. The smallest absolute Gasteiger partial charge is 0.123 e. The van der Waals surface area contributed by atoms with E-state index < -0.39 is 0 Å². The molecule has 0 saturated carbocycles. The third-order valence-corrected chi connectivity index (χ3v) is 29.2. The molecular formula is C116H150N8O4S4. The first-order chi connectivity index (χ1) is 65.3. The molecule has 0 atom stereocenters. The van der Waals surface area contributed by atoms with Gasteiger partial charge in [0.05, 0.1) is 106 Å². The molecule has 0 radical (unpaired) electrons. The largest absolute Gasteiger partial charge is 0.493 e. The molecule has 7 aromatic heterocycles. The summed E-state index contributed by atoms with van der Waals surface area (Å²) in [6, 6.07) is 35.0. The Hall–Kier alpha value is -9.16. The van der Waals surface area contributed by atoms with Gasteiger partial charge in [-0.05, 0) is 194 Å². The van der Waals surface area contributed by atoms with Crippen molar-refractivity contribution in [2.24, 2.45) is 0 Å². The SMILES string of the molecule is CCCCCCCCCCCCOc1cc(OCCCCCCCCCCCC)cc(-c2c3nc(c(C#Cc4ccc(-c5cc(CCCCCC)cs5)c5nsnc45)c4ccc([nH]4)c(-c4cc(OCCCCCCCCCCCC)cc(OCCCCCCCCCCCC)c4)c4nc(c(C#Cc5ccc(-c6cc(CCCCCC)cs6)c6nsnc56)c5ccc2[nH]5)C=C4)C=C3)c1. The summed E-state index contributed by atoms with van der Waals surface area (Å²) in [5.41, 5.74) is 21.0. The van der Waals surface area contributed by atoms with Crippen molar-refractivity contribution in [1.29, 1.82) is 0 Å². The fourth-order valence-corrected chi connectivity index (χ4v) is 21.5. The van der Waals surface area contributed by atoms with E-state index in [1.807, 2.05) is 0 Å². The average Bonchev–Trinajstić information content (AvgIpc) is 1.62. The van der Waals surface area contributed by atoms with Gasteiger partial charge in [-0.15, -0.1) is 22.7 Å². The lowest BCUT2D eigenvalue weighted by Gasteiger charge is -2.14. The molecule has 12 nitrogen and oxygen atoms in total. The third-order valence-electron chi connectivity index (χ3n) is 26.1. The summed E-state index contributed by atoms with van der Waals surface area (Å²) in [6.07, 6.45) is 70.5. The molecule has 2 aliphatic heterocycles. The second-order valence-corrected chi connectivity index (χ2v) is 39.9. The van der Waals surface area contributed by atoms with Gasteiger partial charge < -0.3 is 28.9 Å². The lowest BCUT2D eigenvalue weighted by Crippen LogP contribution is -2.01. The number of aromatic nitrogens is 8. The molecule has 16 heteroatoms. The van der Waals surface area contributed by atoms with Crippen LogP contribution in [0.15, 0.2) is 108 Å². The van der Waals surface area contributed by atoms with Gasteiger partial charge in [-0.1, -0.05) is 335 Å². The molecule has 132 heavy (non-hydrogen) atoms. The van der Waals surface area contributed by atoms with Crippen molar-refractivity contribution < 1.29 is 18.9 Å². The predicted molar refractivity (Wildman–Crippen MR) is 568 cm³/mol. The van der Waals surface area contributed by atoms with Crippen LogP contribution < -0.4 is 18.9 Å². The molecule has 0 fully saturated rings. The molecule has 2 aliphatic rings. The van der Waals surface area contributed by atoms with E-state index in [1.54, 1.807) is 22.7 Å². The van der Waals surface area contributed by atoms with Crippen LogP contribution in [0.1, 0.15) is 406 Å². The number of nitrogens with zero attached hydrogens (tertiary/aromatic N) is 6. The zero-order valence-electron chi connectivity index (χ0n) is 80.8. The van der Waals surface area contributed by atoms with Crippen molar-refractivity contribution >= 4 is 115 Å². The molecule has 9 heterocycles. The van der Waals surface area contributed by atoms with Gasteiger partial charge in [-0.2, -0.15) is 17.5 Å². The molecule has 0 unspecified atom stereocenters. The summed E-state index contributed by atoms with van der Waals surface area (Å²) in [5.74, 6) is 18.1. The molecule has 0 aliphatic carbocycles. The van der Waals surface area contributed by atoms with Crippen LogP contribution in [-0.2, 0) is 12.8 Å². The van der Waals surface area contributed by atoms with Crippen molar-refractivity contribution in [2.75, 3.05) is 26.4 Å². The topological polar surface area (TPSA) is 146 Å². The Labute approximate surface area is 807 Å². The van der Waals surface area contributed by atoms with E-state index in [-0.39, 0.29) is 0 Å². The average molecular weight is 1850 g/mol. The van der Waals surface area contributed by atoms with Gasteiger partial charge in [0.15, 0.2) is 0 Å². The molecule has 13 rings (SSSR count). The molecule has 2 N–H and O–H groups in total. The van der Waals surface area contributed by atoms with Gasteiger partial charge in [-0.3, -0.25) is 0 Å². The predicted octanol–water partition coefficient (Wildman–Crippen LogP) is 35.7. The van der Waals surface area contributed by atoms with Crippen LogP contribution in [0.25, 0.3) is 112 Å². The van der Waals surface area contributed by atoms with E-state index in [4.69, 9.17) is 46.4 Å². The first-order valence-corrected chi connectivity index (χ1v) is 55.2. The first-order valence-electron chi connectivity index (χ1n) is 52.0. The van der Waals surface area contributed by atoms with Crippen molar-refractivity contribution in [1.82, 2.24) is 37.4 Å². The van der Waals surface area contributed by atoms with Crippen LogP contribution in [0.3, 0.4) is 0 Å². The number of H-pyrrole nitrogens is 2. The van der Waals surface area contributed by atoms with Gasteiger partial charge in [0, 0.05) is 55.2 Å². The second kappa shape index (κ2) is 56.9. The molecular weight excluding hydrogens is 1700 g/mol. The van der Waals surface area contributed by atoms with Gasteiger partial charge in [0.2, 0.25) is 0 Å². The maximum atomic E-state index is 6.93. The Morgan fingerprint density at radius 2 is 0.553 bits per heavy atom. The van der Waals surface area contributed by atoms with Crippen molar-refractivity contribution in [3.05, 3.63) is 164 Å². The van der Waals surface area contributed by atoms with Gasteiger partial charge in [0.25, 0.3) is 0 Å². The highest BCUT2D eigenvalue weighted by molar-refractivity contribution is 7.14. The number of rotatable bonds is 62. The number of nitrogens with one attached hydrogen (secondary N) is 2. The highest BCUT2D eigenvalue weighted by Gasteiger charge is 2.23. The van der Waals surface area contributed by atoms with E-state index in [9.17, 15) is 0 Å². The summed E-state index contributed by atoms with van der Waals surface area (Å²) in [4.78, 5) is 22.1. The summed E-state index contributed by atoms with van der Waals surface area (Å²) in [6.45, 7) is 16.1. The van der Waals surface area contributed by atoms with E-state index in [0.717, 1.165) is 198 Å². The number of unbranched alkanes of at least 4 members (excludes halogenated alkanes) is 42. The van der Waals surface area contributed by atoms with Crippen molar-refractivity contribution in [2.45, 2.75) is 363 Å². The molecule has 0 spiro atoms. The van der Waals surface area contributed by atoms with E-state index in [0.29, 0.717) is 37.8 Å². The van der Waals surface area contributed by atoms with Gasteiger partial charge in [-0.25, -0.2) is 9.97 Å². The summed E-state index contributed by atoms with van der Waals surface area (Å²) >= 11 is 6.06. The lowest BCUT2D eigenvalue weighted by atomic mass is 10.0. The Morgan fingerprint density at radius 3 is 0.871 bits per heavy atom. The number of thiophene rings is 2. The zero-order chi connectivity index (χ0) is 91.2. The number of hydrogen-bond acceptors (Lipinski definition) is 14. The Bertz CT molecular complexity index is 5270. The van der Waals surface area contributed by atoms with Gasteiger partial charge in [0.1, 0.15) is 45.1 Å². The third kappa shape index (κ3) is 30.9. The fourth-order valence-electron chi connectivity index (χ4n) is 18.4. The van der Waals surface area contributed by atoms with Gasteiger partial charge >= 0.3 is 0 Å². The van der Waals surface area contributed by atoms with Crippen LogP contribution in [-0.4, -0.2) is 63.9 Å². The molecule has 0 amide bonds. The second-order valence-electron chi connectivity index (χ2n) is 37.0. The lowest BCUT2D eigenvalue weighted by molar-refractivity contribution is 0.289. The fraction of sp³-hybridized carbons (Fsp3) is 0.517. The summed E-state index contributed by atoms with van der Waals surface area (Å²) in [7, 11) is 0. The van der Waals surface area contributed by atoms with Crippen LogP contribution >= 0.6 is 46.1 Å². The number of hydrogen-bond donors (Lipinski definition) is 2. The summed E-state index contributed by atoms with van der Waals surface area (Å²) in [5, 5.41) is 4.64. The molecule has 0 saturated heterocycles. The Kier molecular flexibility index (Phi) is 43.2. The Morgan fingerprint density at radius 1 is 0.273 bits per heavy atom. The van der Waals surface area contributed by atoms with Crippen LogP contribution in [0, 0.1) is 23.7 Å². The molecule has 702 valence electrons. The maximum Gasteiger partial charge on any atom is 0.123 e. The van der Waals surface area contributed by atoms with E-state index >= 15 is 0 Å². The molecule has 11 aromatic rings. The highest BCUT2D eigenvalue weighted by Crippen LogP contribution is 2.42. The van der Waals surface area contributed by atoms with Crippen LogP contribution in [0.2, 0.25) is 0 Å². The van der Waals surface area contributed by atoms with E-state index in [2.05, 4.69) is 207 Å². The Balaban J connectivity index is 0.966. The zero-order valence-corrected chi connectivity index (χ0v) is 84.1. The normalized spacial score (nSPS) is 11.8. The summed E-state index contributed by atoms with van der Waals surface area (Å²) < 4.78 is 47.7. The monoisotopic (exact) mass is 1850 g/mol. The number of aryl methyl sites for hydroxylation is 2. The standard InChI is InChI=1S/C116H150N8O4S4/c1-7-13-19-25-29-33-37-41-45-51-73-125-93-79-91(80-94(83-93)126-74-52-46-42-38-34-30-26-20-14-8-2)111-105-69-65-101(117-105)97(61-57-89-59-63-99(115-113(89)121-131-123-115)109-77-87(85-129-109)55-49-23-17-11-5)103-67-71-107(119-103)112(92-81-95(127-75-53-47-43-39-35-31-27-21-15-9-3)84-96(82-92)128-76-54-48-44-40-36-32-28-22-16-10-4)108-72-68-104(120-108)98(102-66-70-106(111)118-102)62-58-90-60-64-100(116-114(90)122-132-124-116)110-78-88(86-130-110)56-50-24-18-12-6/h59-60,63-72,77-86,117,120H,7-56,73-76H2,1-6H3. The quantitative estimate of drug-likeness (QED) is 0.0279. The number of fused-ring (bicyclic) bond motifs is 10. The number of ether oxygens (including phenoxy) is 4. The molecule has 8 bridgehead atoms. The van der Waals surface area contributed by atoms with Crippen molar-refractivity contribution in [3.63, 3.8) is 0 Å².